The third-order valence-corrected chi connectivity index (χ3v) is 7.25. The second kappa shape index (κ2) is 7.89. The molecule has 1 aromatic rings. The van der Waals surface area contributed by atoms with E-state index in [1.807, 2.05) is 6.08 Å². The summed E-state index contributed by atoms with van der Waals surface area (Å²) in [5.74, 6) is 0.248. The number of rotatable bonds is 4. The number of ether oxygens (including phenoxy) is 1. The van der Waals surface area contributed by atoms with Gasteiger partial charge in [0.25, 0.3) is 0 Å². The van der Waals surface area contributed by atoms with Gasteiger partial charge < -0.3 is 9.72 Å². The molecule has 0 unspecified atom stereocenters. The number of aromatic amines is 1. The highest BCUT2D eigenvalue weighted by Crippen LogP contribution is 2.38. The zero-order valence-corrected chi connectivity index (χ0v) is 18.6. The number of halogens is 1. The van der Waals surface area contributed by atoms with Gasteiger partial charge in [0.1, 0.15) is 0 Å². The van der Waals surface area contributed by atoms with Gasteiger partial charge in [0.15, 0.2) is 0 Å². The maximum atomic E-state index is 12.6. The number of sulfonamides is 1. The molecule has 0 aromatic carbocycles. The van der Waals surface area contributed by atoms with Crippen LogP contribution in [0, 0.1) is 5.92 Å². The van der Waals surface area contributed by atoms with Crippen LogP contribution in [0.3, 0.4) is 0 Å². The summed E-state index contributed by atoms with van der Waals surface area (Å²) in [4.78, 5) is 3.41. The van der Waals surface area contributed by atoms with Crippen molar-refractivity contribution in [3.8, 4) is 0 Å². The minimum absolute atomic E-state index is 0.210. The van der Waals surface area contributed by atoms with Gasteiger partial charge in [-0.25, -0.2) is 8.42 Å². The Bertz CT molecular complexity index is 1080. The summed E-state index contributed by atoms with van der Waals surface area (Å²) in [5.41, 5.74) is 2.52. The van der Waals surface area contributed by atoms with Gasteiger partial charge in [-0.1, -0.05) is 11.6 Å². The van der Waals surface area contributed by atoms with Crippen LogP contribution in [0.15, 0.2) is 21.3 Å². The van der Waals surface area contributed by atoms with Gasteiger partial charge in [0.2, 0.25) is 10.0 Å². The van der Waals surface area contributed by atoms with Crippen LogP contribution in [0.5, 0.6) is 0 Å². The molecule has 158 valence electrons. The van der Waals surface area contributed by atoms with E-state index >= 15 is 0 Å². The molecule has 0 amide bonds. The number of H-pyrrole nitrogens is 1. The highest BCUT2D eigenvalue weighted by molar-refractivity contribution is 7.92. The SMILES string of the molecule is CC(C)O[C@H]1CC[C@H](C2=c3[nH]c4c(c3N(S(C)(=O)=O)CC=C2Cl)CN=NC=4)CC1. The summed E-state index contributed by atoms with van der Waals surface area (Å²) >= 11 is 6.74. The second-order valence-corrected chi connectivity index (χ2v) is 10.5. The van der Waals surface area contributed by atoms with E-state index in [1.54, 1.807) is 6.20 Å². The second-order valence-electron chi connectivity index (χ2n) is 8.20. The molecule has 29 heavy (non-hydrogen) atoms. The summed E-state index contributed by atoms with van der Waals surface area (Å²) in [5, 5.41) is 10.3. The van der Waals surface area contributed by atoms with Crippen molar-refractivity contribution in [1.29, 1.82) is 0 Å². The molecule has 3 aliphatic rings. The van der Waals surface area contributed by atoms with Crippen molar-refractivity contribution in [3.05, 3.63) is 27.4 Å². The van der Waals surface area contributed by atoms with Crippen molar-refractivity contribution in [2.24, 2.45) is 16.1 Å². The van der Waals surface area contributed by atoms with Crippen molar-refractivity contribution in [2.75, 3.05) is 17.1 Å². The van der Waals surface area contributed by atoms with E-state index in [1.165, 1.54) is 10.6 Å². The Balaban J connectivity index is 1.83. The molecule has 7 nitrogen and oxygen atoms in total. The van der Waals surface area contributed by atoms with Gasteiger partial charge in [-0.3, -0.25) is 4.31 Å². The Hall–Kier alpha value is -1.64. The number of hydrogen-bond acceptors (Lipinski definition) is 5. The Kier molecular flexibility index (Phi) is 5.61. The molecule has 4 rings (SSSR count). The average molecular weight is 439 g/mol. The largest absolute Gasteiger partial charge is 0.376 e. The average Bonchev–Trinajstić information content (AvgIpc) is 2.93. The van der Waals surface area contributed by atoms with Crippen molar-refractivity contribution < 1.29 is 13.2 Å². The van der Waals surface area contributed by atoms with E-state index in [2.05, 4.69) is 29.1 Å². The number of fused-ring (bicyclic) bond motifs is 3. The fourth-order valence-electron chi connectivity index (χ4n) is 4.55. The Morgan fingerprint density at radius 3 is 2.66 bits per heavy atom. The van der Waals surface area contributed by atoms with E-state index in [9.17, 15) is 8.42 Å². The van der Waals surface area contributed by atoms with Gasteiger partial charge in [-0.15, -0.1) is 0 Å². The number of nitrogens with one attached hydrogen (secondary N) is 1. The number of allylic oxidation sites excluding steroid dienone is 1. The van der Waals surface area contributed by atoms with E-state index < -0.39 is 10.0 Å². The molecule has 1 fully saturated rings. The number of hydrogen-bond donors (Lipinski definition) is 1. The van der Waals surface area contributed by atoms with Crippen LogP contribution < -0.4 is 15.0 Å². The summed E-state index contributed by atoms with van der Waals surface area (Å²) in [6.07, 6.45) is 9.03. The third kappa shape index (κ3) is 4.02. The molecule has 0 bridgehead atoms. The zero-order valence-electron chi connectivity index (χ0n) is 17.0. The van der Waals surface area contributed by atoms with Crippen LogP contribution in [0.25, 0.3) is 11.8 Å². The maximum absolute atomic E-state index is 12.6. The standard InChI is InChI=1S/C20H27ClN4O3S/c1-12(2)28-14-6-4-13(5-7-14)18-16(21)8-9-25(29(3,26)27)20-15-10-22-23-11-17(15)24-19(18)20/h8,11-14,24H,4-7,9-10H2,1-3H3/t13-,14-. The van der Waals surface area contributed by atoms with Gasteiger partial charge in [0.05, 0.1) is 54.1 Å². The number of aromatic nitrogens is 1. The topological polar surface area (TPSA) is 87.1 Å². The molecule has 1 saturated carbocycles. The predicted octanol–water partition coefficient (Wildman–Crippen LogP) is 2.76. The van der Waals surface area contributed by atoms with Crippen LogP contribution in [0.1, 0.15) is 45.1 Å². The summed E-state index contributed by atoms with van der Waals surface area (Å²) in [6.45, 7) is 4.69. The van der Waals surface area contributed by atoms with Crippen LogP contribution in [0.4, 0.5) is 5.69 Å². The molecular formula is C20H27ClN4O3S. The lowest BCUT2D eigenvalue weighted by Gasteiger charge is -2.31. The van der Waals surface area contributed by atoms with Crippen LogP contribution in [0.2, 0.25) is 0 Å². The van der Waals surface area contributed by atoms with Crippen molar-refractivity contribution in [1.82, 2.24) is 4.98 Å². The molecule has 9 heteroatoms. The van der Waals surface area contributed by atoms with E-state index in [4.69, 9.17) is 16.3 Å². The monoisotopic (exact) mass is 438 g/mol. The number of azo groups is 1. The number of nitrogens with zero attached hydrogens (tertiary/aromatic N) is 3. The first kappa shape index (κ1) is 20.6. The van der Waals surface area contributed by atoms with Crippen molar-refractivity contribution in [2.45, 2.75) is 58.3 Å². The first-order chi connectivity index (χ1) is 13.8. The zero-order chi connectivity index (χ0) is 20.8. The van der Waals surface area contributed by atoms with Gasteiger partial charge >= 0.3 is 0 Å². The molecule has 0 atom stereocenters. The maximum Gasteiger partial charge on any atom is 0.232 e. The lowest BCUT2D eigenvalue weighted by atomic mass is 9.81. The van der Waals surface area contributed by atoms with Gasteiger partial charge in [-0.2, -0.15) is 10.2 Å². The van der Waals surface area contributed by atoms with Gasteiger partial charge in [0, 0.05) is 10.6 Å². The molecule has 3 heterocycles. The molecule has 0 spiro atoms. The molecule has 1 aliphatic carbocycles. The third-order valence-electron chi connectivity index (χ3n) is 5.76. The molecule has 2 aliphatic heterocycles. The summed E-state index contributed by atoms with van der Waals surface area (Å²) < 4.78 is 32.6. The van der Waals surface area contributed by atoms with E-state index in [-0.39, 0.29) is 24.7 Å². The fourth-order valence-corrected chi connectivity index (χ4v) is 5.75. The molecule has 0 radical (unpaired) electrons. The lowest BCUT2D eigenvalue weighted by molar-refractivity contribution is -0.0159. The molecule has 1 aromatic heterocycles. The quantitative estimate of drug-likeness (QED) is 0.784. The first-order valence-corrected chi connectivity index (χ1v) is 12.3. The minimum atomic E-state index is -3.48. The minimum Gasteiger partial charge on any atom is -0.376 e. The Labute approximate surface area is 176 Å². The molecule has 1 N–H and O–H groups in total. The van der Waals surface area contributed by atoms with Crippen LogP contribution in [-0.4, -0.2) is 38.4 Å². The first-order valence-electron chi connectivity index (χ1n) is 10.1. The summed E-state index contributed by atoms with van der Waals surface area (Å²) in [6, 6.07) is 0. The lowest BCUT2D eigenvalue weighted by Crippen LogP contribution is -2.34. The van der Waals surface area contributed by atoms with Crippen LogP contribution in [-0.2, 0) is 21.3 Å². The van der Waals surface area contributed by atoms with E-state index in [0.717, 1.165) is 47.5 Å². The Morgan fingerprint density at radius 1 is 1.28 bits per heavy atom. The number of anilines is 1. The highest BCUT2D eigenvalue weighted by Gasteiger charge is 2.32. The highest BCUT2D eigenvalue weighted by atomic mass is 35.5. The Morgan fingerprint density at radius 2 is 2.00 bits per heavy atom. The van der Waals surface area contributed by atoms with Crippen LogP contribution >= 0.6 is 11.6 Å². The van der Waals surface area contributed by atoms with Gasteiger partial charge in [-0.05, 0) is 57.1 Å². The normalized spacial score (nSPS) is 24.7. The molecular weight excluding hydrogens is 412 g/mol. The smallest absolute Gasteiger partial charge is 0.232 e. The molecule has 0 saturated heterocycles. The van der Waals surface area contributed by atoms with Crippen molar-refractivity contribution in [3.63, 3.8) is 0 Å². The predicted molar refractivity (Wildman–Crippen MR) is 115 cm³/mol. The fraction of sp³-hybridized carbons (Fsp3) is 0.600. The summed E-state index contributed by atoms with van der Waals surface area (Å²) in [7, 11) is -3.48. The van der Waals surface area contributed by atoms with E-state index in [0.29, 0.717) is 17.3 Å². The van der Waals surface area contributed by atoms with Crippen molar-refractivity contribution >= 4 is 39.1 Å².